The van der Waals surface area contributed by atoms with Crippen molar-refractivity contribution in [1.29, 1.82) is 0 Å². The van der Waals surface area contributed by atoms with Gasteiger partial charge in [0.2, 0.25) is 5.91 Å². The molecule has 0 N–H and O–H groups in total. The number of fused-ring (bicyclic) bond motifs is 1. The van der Waals surface area contributed by atoms with Crippen molar-refractivity contribution in [3.8, 4) is 0 Å². The maximum absolute atomic E-state index is 13.1. The van der Waals surface area contributed by atoms with E-state index in [4.69, 9.17) is 16.6 Å². The fourth-order valence-electron chi connectivity index (χ4n) is 3.03. The Balaban J connectivity index is 1.74. The van der Waals surface area contributed by atoms with Crippen LogP contribution in [0.1, 0.15) is 17.5 Å². The van der Waals surface area contributed by atoms with Crippen molar-refractivity contribution < 1.29 is 4.79 Å². The van der Waals surface area contributed by atoms with Crippen molar-refractivity contribution in [2.45, 2.75) is 25.2 Å². The smallest absolute Gasteiger partial charge is 0.229 e. The van der Waals surface area contributed by atoms with Crippen molar-refractivity contribution in [1.82, 2.24) is 9.88 Å². The van der Waals surface area contributed by atoms with Crippen LogP contribution < -0.4 is 4.90 Å². The summed E-state index contributed by atoms with van der Waals surface area (Å²) in [6.45, 7) is 5.61. The molecule has 154 valence electrons. The van der Waals surface area contributed by atoms with Crippen LogP contribution in [0.2, 0.25) is 5.02 Å². The number of hydrogen-bond donors (Lipinski definition) is 0. The number of thiazole rings is 1. The summed E-state index contributed by atoms with van der Waals surface area (Å²) in [4.78, 5) is 22.9. The summed E-state index contributed by atoms with van der Waals surface area (Å²) in [5, 5.41) is 1.51. The van der Waals surface area contributed by atoms with Crippen LogP contribution in [0.15, 0.2) is 41.3 Å². The van der Waals surface area contributed by atoms with Crippen molar-refractivity contribution in [3.63, 3.8) is 0 Å². The molecular weight excluding hydrogens is 422 g/mol. The molecule has 1 amide bonds. The summed E-state index contributed by atoms with van der Waals surface area (Å²) in [5.74, 6) is 0.837. The molecule has 7 heteroatoms. The van der Waals surface area contributed by atoms with Crippen molar-refractivity contribution in [2.75, 3.05) is 37.8 Å². The van der Waals surface area contributed by atoms with Crippen molar-refractivity contribution in [2.24, 2.45) is 0 Å². The van der Waals surface area contributed by atoms with E-state index >= 15 is 0 Å². The lowest BCUT2D eigenvalue weighted by Crippen LogP contribution is -2.36. The van der Waals surface area contributed by atoms with Crippen molar-refractivity contribution in [3.05, 3.63) is 52.5 Å². The Morgan fingerprint density at radius 1 is 1.14 bits per heavy atom. The van der Waals surface area contributed by atoms with E-state index in [2.05, 4.69) is 30.9 Å². The third-order valence-electron chi connectivity index (χ3n) is 4.51. The van der Waals surface area contributed by atoms with Crippen LogP contribution in [0, 0.1) is 13.8 Å². The molecular formula is C22H26ClN3OS2. The van der Waals surface area contributed by atoms with E-state index in [1.54, 1.807) is 23.1 Å². The summed E-state index contributed by atoms with van der Waals surface area (Å²) < 4.78 is 1.16. The first kappa shape index (κ1) is 22.1. The summed E-state index contributed by atoms with van der Waals surface area (Å²) in [7, 11) is 4.04. The van der Waals surface area contributed by atoms with Gasteiger partial charge in [-0.2, -0.15) is 0 Å². The highest BCUT2D eigenvalue weighted by Gasteiger charge is 2.20. The van der Waals surface area contributed by atoms with E-state index in [1.165, 1.54) is 11.1 Å². The molecule has 0 bridgehead atoms. The van der Waals surface area contributed by atoms with Crippen LogP contribution in [0.5, 0.6) is 0 Å². The maximum Gasteiger partial charge on any atom is 0.229 e. The SMILES string of the molecule is Cc1cc(C)c2sc(N(CCN(C)C)C(=O)CCSc3ccc(Cl)cc3)nc2c1. The Hall–Kier alpha value is -1.60. The molecule has 1 aromatic heterocycles. The molecule has 0 radical (unpaired) electrons. The molecule has 0 spiro atoms. The highest BCUT2D eigenvalue weighted by Crippen LogP contribution is 2.32. The molecule has 0 aliphatic rings. The molecule has 0 unspecified atom stereocenters. The van der Waals surface area contributed by atoms with Gasteiger partial charge in [0.05, 0.1) is 10.2 Å². The summed E-state index contributed by atoms with van der Waals surface area (Å²) in [6, 6.07) is 12.0. The highest BCUT2D eigenvalue weighted by molar-refractivity contribution is 7.99. The van der Waals surface area contributed by atoms with E-state index in [-0.39, 0.29) is 5.91 Å². The van der Waals surface area contributed by atoms with Gasteiger partial charge in [-0.25, -0.2) is 4.98 Å². The number of anilines is 1. The molecule has 3 rings (SSSR count). The van der Waals surface area contributed by atoms with E-state index in [0.717, 1.165) is 37.6 Å². The van der Waals surface area contributed by atoms with E-state index < -0.39 is 0 Å². The molecule has 0 saturated carbocycles. The lowest BCUT2D eigenvalue weighted by atomic mass is 10.1. The number of nitrogens with zero attached hydrogens (tertiary/aromatic N) is 3. The molecule has 0 atom stereocenters. The minimum Gasteiger partial charge on any atom is -0.308 e. The minimum atomic E-state index is 0.113. The molecule has 0 fully saturated rings. The van der Waals surface area contributed by atoms with Gasteiger partial charge in [0.15, 0.2) is 5.13 Å². The van der Waals surface area contributed by atoms with Gasteiger partial charge in [-0.15, -0.1) is 11.8 Å². The summed E-state index contributed by atoms with van der Waals surface area (Å²) in [6.07, 6.45) is 0.467. The standard InChI is InChI=1S/C22H26ClN3OS2/c1-15-13-16(2)21-19(14-15)24-22(29-21)26(11-10-25(3)4)20(27)9-12-28-18-7-5-17(23)6-8-18/h5-8,13-14H,9-12H2,1-4H3. The number of likely N-dealkylation sites (N-methyl/N-ethyl adjacent to an activating group) is 1. The van der Waals surface area contributed by atoms with Gasteiger partial charge in [-0.3, -0.25) is 9.69 Å². The first-order chi connectivity index (χ1) is 13.8. The van der Waals surface area contributed by atoms with Crippen LogP contribution in [-0.4, -0.2) is 48.7 Å². The Kier molecular flexibility index (Phi) is 7.57. The Labute approximate surface area is 185 Å². The number of aromatic nitrogens is 1. The number of benzene rings is 2. The normalized spacial score (nSPS) is 11.4. The average molecular weight is 448 g/mol. The first-order valence-corrected chi connectivity index (χ1v) is 11.7. The second-order valence-corrected chi connectivity index (χ2v) is 9.91. The Bertz CT molecular complexity index is 986. The highest BCUT2D eigenvalue weighted by atomic mass is 35.5. The second-order valence-electron chi connectivity index (χ2n) is 7.33. The van der Waals surface area contributed by atoms with Crippen LogP contribution in [-0.2, 0) is 4.79 Å². The lowest BCUT2D eigenvalue weighted by molar-refractivity contribution is -0.118. The fraction of sp³-hybridized carbons (Fsp3) is 0.364. The van der Waals surface area contributed by atoms with Gasteiger partial charge in [0, 0.05) is 35.2 Å². The largest absolute Gasteiger partial charge is 0.308 e. The molecule has 0 saturated heterocycles. The predicted molar refractivity (Wildman–Crippen MR) is 127 cm³/mol. The van der Waals surface area contributed by atoms with Gasteiger partial charge >= 0.3 is 0 Å². The summed E-state index contributed by atoms with van der Waals surface area (Å²) in [5.41, 5.74) is 3.38. The summed E-state index contributed by atoms with van der Waals surface area (Å²) >= 11 is 9.22. The maximum atomic E-state index is 13.1. The van der Waals surface area contributed by atoms with Crippen LogP contribution >= 0.6 is 34.7 Å². The monoisotopic (exact) mass is 447 g/mol. The van der Waals surface area contributed by atoms with E-state index in [1.807, 2.05) is 43.3 Å². The number of carbonyl (C=O) groups is 1. The number of rotatable bonds is 8. The number of hydrogen-bond acceptors (Lipinski definition) is 5. The molecule has 2 aromatic carbocycles. The van der Waals surface area contributed by atoms with Crippen LogP contribution in [0.3, 0.4) is 0 Å². The zero-order chi connectivity index (χ0) is 21.0. The van der Waals surface area contributed by atoms with Gasteiger partial charge < -0.3 is 4.90 Å². The predicted octanol–water partition coefficient (Wildman–Crippen LogP) is 5.64. The molecule has 3 aromatic rings. The first-order valence-electron chi connectivity index (χ1n) is 9.55. The Morgan fingerprint density at radius 3 is 2.55 bits per heavy atom. The second kappa shape index (κ2) is 9.94. The lowest BCUT2D eigenvalue weighted by Gasteiger charge is -2.22. The number of carbonyl (C=O) groups excluding carboxylic acids is 1. The van der Waals surface area contributed by atoms with Gasteiger partial charge in [-0.1, -0.05) is 29.0 Å². The number of thioether (sulfide) groups is 1. The zero-order valence-electron chi connectivity index (χ0n) is 17.2. The molecule has 0 aliphatic heterocycles. The van der Waals surface area contributed by atoms with Gasteiger partial charge in [0.1, 0.15) is 0 Å². The third kappa shape index (κ3) is 5.95. The zero-order valence-corrected chi connectivity index (χ0v) is 19.6. The van der Waals surface area contributed by atoms with E-state index in [0.29, 0.717) is 13.0 Å². The molecule has 1 heterocycles. The number of halogens is 1. The van der Waals surface area contributed by atoms with E-state index in [9.17, 15) is 4.79 Å². The number of amides is 1. The van der Waals surface area contributed by atoms with Crippen LogP contribution in [0.25, 0.3) is 10.2 Å². The topological polar surface area (TPSA) is 36.4 Å². The van der Waals surface area contributed by atoms with Crippen molar-refractivity contribution >= 4 is 56.0 Å². The quantitative estimate of drug-likeness (QED) is 0.418. The molecule has 29 heavy (non-hydrogen) atoms. The minimum absolute atomic E-state index is 0.113. The third-order valence-corrected chi connectivity index (χ3v) is 7.01. The van der Waals surface area contributed by atoms with Gasteiger partial charge in [-0.05, 0) is 69.4 Å². The average Bonchev–Trinajstić information content (AvgIpc) is 3.07. The number of aryl methyl sites for hydroxylation is 2. The molecule has 0 aliphatic carbocycles. The van der Waals surface area contributed by atoms with Crippen LogP contribution in [0.4, 0.5) is 5.13 Å². The fourth-order valence-corrected chi connectivity index (χ4v) is 5.06. The molecule has 4 nitrogen and oxygen atoms in total. The van der Waals surface area contributed by atoms with Gasteiger partial charge in [0.25, 0.3) is 0 Å². The Morgan fingerprint density at radius 2 is 1.86 bits per heavy atom.